The molecule has 3 aliphatic rings. The van der Waals surface area contributed by atoms with E-state index < -0.39 is 0 Å². The zero-order valence-corrected chi connectivity index (χ0v) is 17.0. The van der Waals surface area contributed by atoms with Crippen molar-refractivity contribution in [3.63, 3.8) is 0 Å². The number of hydrogen-bond acceptors (Lipinski definition) is 5. The number of ether oxygens (including phenoxy) is 2. The number of likely N-dealkylation sites (tertiary alicyclic amines) is 1. The number of fused-ring (bicyclic) bond motifs is 2. The summed E-state index contributed by atoms with van der Waals surface area (Å²) in [7, 11) is 3.99. The predicted molar refractivity (Wildman–Crippen MR) is 110 cm³/mol. The molecular weight excluding hydrogens is 350 g/mol. The molecule has 28 heavy (non-hydrogen) atoms. The van der Waals surface area contributed by atoms with E-state index in [2.05, 4.69) is 52.2 Å². The highest BCUT2D eigenvalue weighted by Gasteiger charge is 2.62. The maximum atomic E-state index is 6.65. The fourth-order valence-electron chi connectivity index (χ4n) is 5.88. The highest BCUT2D eigenvalue weighted by Crippen LogP contribution is 2.55. The van der Waals surface area contributed by atoms with Crippen molar-refractivity contribution >= 4 is 10.9 Å². The fraction of sp³-hybridized carbons (Fsp3) is 0.609. The molecule has 1 spiro atoms. The van der Waals surface area contributed by atoms with Crippen LogP contribution in [0.15, 0.2) is 36.5 Å². The fourth-order valence-corrected chi connectivity index (χ4v) is 5.88. The molecule has 2 aromatic rings. The van der Waals surface area contributed by atoms with E-state index in [1.807, 2.05) is 6.20 Å². The smallest absolute Gasteiger partial charge is 0.0858 e. The van der Waals surface area contributed by atoms with Gasteiger partial charge in [0, 0.05) is 63.3 Å². The minimum absolute atomic E-state index is 0.0975. The topological polar surface area (TPSA) is 37.8 Å². The first-order valence-corrected chi connectivity index (χ1v) is 10.6. The molecule has 4 heterocycles. The summed E-state index contributed by atoms with van der Waals surface area (Å²) in [5.41, 5.74) is 2.57. The van der Waals surface area contributed by atoms with E-state index in [1.54, 1.807) is 7.11 Å². The predicted octanol–water partition coefficient (Wildman–Crippen LogP) is 2.79. The van der Waals surface area contributed by atoms with E-state index in [1.165, 1.54) is 23.8 Å². The number of rotatable bonds is 7. The van der Waals surface area contributed by atoms with Crippen LogP contribution >= 0.6 is 0 Å². The summed E-state index contributed by atoms with van der Waals surface area (Å²) in [5, 5.41) is 1.28. The molecule has 0 aliphatic carbocycles. The summed E-state index contributed by atoms with van der Waals surface area (Å²) in [6.45, 7) is 6.12. The summed E-state index contributed by atoms with van der Waals surface area (Å²) in [6, 6.07) is 10.7. The Bertz CT molecular complexity index is 838. The second-order valence-corrected chi connectivity index (χ2v) is 8.94. The second kappa shape index (κ2) is 7.38. The first-order chi connectivity index (χ1) is 13.7. The van der Waals surface area contributed by atoms with Crippen molar-refractivity contribution in [3.05, 3.63) is 42.1 Å². The summed E-state index contributed by atoms with van der Waals surface area (Å²) in [6.07, 6.45) is 4.86. The van der Waals surface area contributed by atoms with Crippen LogP contribution in [0.25, 0.3) is 10.9 Å². The van der Waals surface area contributed by atoms with Crippen molar-refractivity contribution in [1.82, 2.24) is 14.8 Å². The van der Waals surface area contributed by atoms with E-state index in [0.717, 1.165) is 44.8 Å². The van der Waals surface area contributed by atoms with Gasteiger partial charge in [0.2, 0.25) is 0 Å². The van der Waals surface area contributed by atoms with Crippen LogP contribution in [0.2, 0.25) is 0 Å². The lowest BCUT2D eigenvalue weighted by atomic mass is 9.73. The number of methoxy groups -OCH3 is 1. The van der Waals surface area contributed by atoms with Crippen molar-refractivity contribution in [1.29, 1.82) is 0 Å². The summed E-state index contributed by atoms with van der Waals surface area (Å²) in [4.78, 5) is 9.56. The summed E-state index contributed by atoms with van der Waals surface area (Å²) >= 11 is 0. The number of pyridine rings is 1. The van der Waals surface area contributed by atoms with Crippen LogP contribution in [0.4, 0.5) is 0 Å². The Morgan fingerprint density at radius 3 is 3.11 bits per heavy atom. The van der Waals surface area contributed by atoms with E-state index in [-0.39, 0.29) is 5.60 Å². The molecule has 5 rings (SSSR count). The molecule has 0 unspecified atom stereocenters. The van der Waals surface area contributed by atoms with Crippen molar-refractivity contribution in [2.75, 3.05) is 46.9 Å². The van der Waals surface area contributed by atoms with Gasteiger partial charge in [0.1, 0.15) is 0 Å². The van der Waals surface area contributed by atoms with Crippen LogP contribution in [0, 0.1) is 11.8 Å². The average Bonchev–Trinajstić information content (AvgIpc) is 3.36. The molecule has 0 amide bonds. The normalized spacial score (nSPS) is 31.9. The van der Waals surface area contributed by atoms with Gasteiger partial charge in [-0.2, -0.15) is 0 Å². The van der Waals surface area contributed by atoms with Crippen LogP contribution in [0.3, 0.4) is 0 Å². The third-order valence-electron chi connectivity index (χ3n) is 7.19. The average molecular weight is 382 g/mol. The summed E-state index contributed by atoms with van der Waals surface area (Å²) < 4.78 is 11.9. The number of para-hydroxylation sites is 1. The maximum absolute atomic E-state index is 6.65. The van der Waals surface area contributed by atoms with Crippen molar-refractivity contribution in [3.8, 4) is 0 Å². The molecule has 0 saturated carbocycles. The molecule has 1 aromatic heterocycles. The molecule has 4 atom stereocenters. The molecule has 150 valence electrons. The minimum atomic E-state index is 0.0975. The number of benzene rings is 1. The third kappa shape index (κ3) is 3.14. The minimum Gasteiger partial charge on any atom is -0.383 e. The zero-order chi connectivity index (χ0) is 19.1. The molecule has 2 bridgehead atoms. The van der Waals surface area contributed by atoms with Crippen LogP contribution in [0.1, 0.15) is 18.4 Å². The van der Waals surface area contributed by atoms with Gasteiger partial charge in [-0.3, -0.25) is 9.88 Å². The Kier molecular flexibility index (Phi) is 4.87. The van der Waals surface area contributed by atoms with Crippen LogP contribution in [0.5, 0.6) is 0 Å². The molecule has 3 aliphatic heterocycles. The van der Waals surface area contributed by atoms with Gasteiger partial charge in [-0.05, 0) is 37.6 Å². The largest absolute Gasteiger partial charge is 0.383 e. The zero-order valence-electron chi connectivity index (χ0n) is 17.0. The van der Waals surface area contributed by atoms with Gasteiger partial charge in [-0.15, -0.1) is 0 Å². The molecule has 0 radical (unpaired) electrons. The van der Waals surface area contributed by atoms with Gasteiger partial charge in [0.25, 0.3) is 0 Å². The lowest BCUT2D eigenvalue weighted by Gasteiger charge is -2.32. The number of hydrogen-bond donors (Lipinski definition) is 0. The molecule has 0 N–H and O–H groups in total. The Hall–Kier alpha value is -1.53. The molecule has 1 aromatic carbocycles. The quantitative estimate of drug-likeness (QED) is 0.737. The van der Waals surface area contributed by atoms with Crippen LogP contribution < -0.4 is 0 Å². The number of aromatic nitrogens is 1. The van der Waals surface area contributed by atoms with Gasteiger partial charge in [-0.1, -0.05) is 18.2 Å². The van der Waals surface area contributed by atoms with E-state index in [9.17, 15) is 0 Å². The van der Waals surface area contributed by atoms with Gasteiger partial charge < -0.3 is 14.4 Å². The van der Waals surface area contributed by atoms with Gasteiger partial charge in [-0.25, -0.2) is 0 Å². The maximum Gasteiger partial charge on any atom is 0.0858 e. The van der Waals surface area contributed by atoms with Crippen LogP contribution in [-0.2, 0) is 16.0 Å². The van der Waals surface area contributed by atoms with Crippen molar-refractivity contribution in [2.45, 2.75) is 31.1 Å². The first kappa shape index (κ1) is 18.5. The van der Waals surface area contributed by atoms with Crippen LogP contribution in [-0.4, -0.2) is 73.4 Å². The third-order valence-corrected chi connectivity index (χ3v) is 7.19. The van der Waals surface area contributed by atoms with E-state index in [4.69, 9.17) is 9.47 Å². The molecule has 5 nitrogen and oxygen atoms in total. The van der Waals surface area contributed by atoms with E-state index in [0.29, 0.717) is 17.9 Å². The van der Waals surface area contributed by atoms with Crippen molar-refractivity contribution < 1.29 is 9.47 Å². The summed E-state index contributed by atoms with van der Waals surface area (Å²) in [5.74, 6) is 1.30. The molecular formula is C23H31N3O2. The number of likely N-dealkylation sites (N-methyl/N-ethyl adjacent to an activating group) is 1. The Balaban J connectivity index is 1.31. The van der Waals surface area contributed by atoms with Gasteiger partial charge in [0.05, 0.1) is 23.8 Å². The molecule has 3 saturated heterocycles. The monoisotopic (exact) mass is 381 g/mol. The highest BCUT2D eigenvalue weighted by molar-refractivity contribution is 5.81. The number of nitrogens with zero attached hydrogens (tertiary/aromatic N) is 3. The lowest BCUT2D eigenvalue weighted by Crippen LogP contribution is -2.41. The molecule has 5 heteroatoms. The highest BCUT2D eigenvalue weighted by atomic mass is 16.5. The lowest BCUT2D eigenvalue weighted by molar-refractivity contribution is 0.00113. The van der Waals surface area contributed by atoms with Gasteiger partial charge >= 0.3 is 0 Å². The molecule has 3 fully saturated rings. The van der Waals surface area contributed by atoms with Gasteiger partial charge in [0.15, 0.2) is 0 Å². The SMILES string of the molecule is COCCN(C)C[C@H]1[C@H]2CN(Cc3ccnc4ccccc34)C[C@]23CC[C@H]1O3. The van der Waals surface area contributed by atoms with Crippen molar-refractivity contribution in [2.24, 2.45) is 11.8 Å². The first-order valence-electron chi connectivity index (χ1n) is 10.6. The second-order valence-electron chi connectivity index (χ2n) is 8.94. The Labute approximate surface area is 167 Å². The Morgan fingerprint density at radius 2 is 2.21 bits per heavy atom. The van der Waals surface area contributed by atoms with E-state index >= 15 is 0 Å². The standard InChI is InChI=1S/C23H31N3O2/c1-25(11-12-27-2)14-19-20-15-26(16-23(20)9-7-22(19)28-23)13-17-8-10-24-21-6-4-3-5-18(17)21/h3-6,8,10,19-20,22H,7,9,11-16H2,1-2H3/t19-,20+,22+,23+/m0/s1. The Morgan fingerprint density at radius 1 is 1.32 bits per heavy atom.